The molecule has 0 unspecified atom stereocenters. The molecule has 1 heterocycles. The molecule has 1 N–H and O–H groups in total. The number of carboxylic acid groups (broad SMARTS) is 1. The molecular formula is C12H11NO4. The van der Waals surface area contributed by atoms with Crippen molar-refractivity contribution in [3.05, 3.63) is 36.5 Å². The Labute approximate surface area is 97.5 Å². The minimum Gasteiger partial charge on any atom is -0.546 e. The molecule has 5 heteroatoms. The van der Waals surface area contributed by atoms with Gasteiger partial charge in [0.05, 0.1) is 11.4 Å². The SMILES string of the molecule is C[C@H](Oc1cccc2c1ccc[n+]2O)C(=O)[O-]. The summed E-state index contributed by atoms with van der Waals surface area (Å²) >= 11 is 0. The number of carboxylic acids is 1. The first-order valence-electron chi connectivity index (χ1n) is 5.10. The fourth-order valence-electron chi connectivity index (χ4n) is 1.54. The fourth-order valence-corrected chi connectivity index (χ4v) is 1.54. The van der Waals surface area contributed by atoms with Crippen LogP contribution in [0.25, 0.3) is 10.9 Å². The lowest BCUT2D eigenvalue weighted by Gasteiger charge is -2.15. The minimum absolute atomic E-state index is 0.391. The first-order valence-corrected chi connectivity index (χ1v) is 5.10. The van der Waals surface area contributed by atoms with E-state index in [1.807, 2.05) is 0 Å². The number of nitrogens with zero attached hydrogens (tertiary/aromatic N) is 1. The monoisotopic (exact) mass is 233 g/mol. The molecule has 88 valence electrons. The number of hydrogen-bond acceptors (Lipinski definition) is 4. The molecule has 0 bridgehead atoms. The molecule has 0 aliphatic carbocycles. The lowest BCUT2D eigenvalue weighted by atomic mass is 10.2. The molecule has 17 heavy (non-hydrogen) atoms. The zero-order valence-corrected chi connectivity index (χ0v) is 9.16. The molecule has 0 spiro atoms. The van der Waals surface area contributed by atoms with Gasteiger partial charge in [-0.05, 0) is 19.1 Å². The second-order valence-corrected chi connectivity index (χ2v) is 3.62. The molecule has 0 amide bonds. The van der Waals surface area contributed by atoms with Crippen LogP contribution in [0, 0.1) is 0 Å². The zero-order valence-electron chi connectivity index (χ0n) is 9.16. The number of aliphatic carboxylic acids is 1. The third-order valence-electron chi connectivity index (χ3n) is 2.42. The summed E-state index contributed by atoms with van der Waals surface area (Å²) in [6.07, 6.45) is 0.432. The lowest BCUT2D eigenvalue weighted by molar-refractivity contribution is -0.884. The minimum atomic E-state index is -1.28. The van der Waals surface area contributed by atoms with Crippen LogP contribution in [0.3, 0.4) is 0 Å². The second-order valence-electron chi connectivity index (χ2n) is 3.62. The van der Waals surface area contributed by atoms with E-state index in [1.165, 1.54) is 13.1 Å². The Hall–Kier alpha value is -2.30. The first-order chi connectivity index (χ1) is 8.09. The highest BCUT2D eigenvalue weighted by molar-refractivity contribution is 5.83. The van der Waals surface area contributed by atoms with E-state index < -0.39 is 12.1 Å². The van der Waals surface area contributed by atoms with Crippen molar-refractivity contribution in [1.82, 2.24) is 0 Å². The molecule has 5 nitrogen and oxygen atoms in total. The van der Waals surface area contributed by atoms with Crippen LogP contribution in [0.2, 0.25) is 0 Å². The van der Waals surface area contributed by atoms with Gasteiger partial charge in [-0.2, -0.15) is 0 Å². The van der Waals surface area contributed by atoms with Gasteiger partial charge in [-0.3, -0.25) is 5.21 Å². The van der Waals surface area contributed by atoms with Gasteiger partial charge in [0.25, 0.3) is 5.52 Å². The van der Waals surface area contributed by atoms with Crippen LogP contribution in [0.1, 0.15) is 6.92 Å². The summed E-state index contributed by atoms with van der Waals surface area (Å²) in [5.74, 6) is -0.891. The predicted octanol–water partition coefficient (Wildman–Crippen LogP) is -0.118. The van der Waals surface area contributed by atoms with E-state index in [-0.39, 0.29) is 0 Å². The normalized spacial score (nSPS) is 12.3. The summed E-state index contributed by atoms with van der Waals surface area (Å²) in [4.78, 5) is 10.6. The number of hydrogen-bond donors (Lipinski definition) is 1. The van der Waals surface area contributed by atoms with Crippen LogP contribution in [0.5, 0.6) is 5.75 Å². The van der Waals surface area contributed by atoms with Crippen LogP contribution in [0.4, 0.5) is 0 Å². The quantitative estimate of drug-likeness (QED) is 0.592. The van der Waals surface area contributed by atoms with Crippen LogP contribution >= 0.6 is 0 Å². The van der Waals surface area contributed by atoms with Crippen LogP contribution < -0.4 is 14.6 Å². The van der Waals surface area contributed by atoms with Gasteiger partial charge in [-0.25, -0.2) is 0 Å². The Kier molecular flexibility index (Phi) is 2.82. The number of carbonyl (C=O) groups is 1. The van der Waals surface area contributed by atoms with Crippen molar-refractivity contribution in [3.8, 4) is 5.75 Å². The van der Waals surface area contributed by atoms with Gasteiger partial charge in [0.2, 0.25) is 6.20 Å². The average molecular weight is 233 g/mol. The molecule has 0 saturated carbocycles. The lowest BCUT2D eigenvalue weighted by Crippen LogP contribution is -2.37. The Morgan fingerprint density at radius 3 is 2.88 bits per heavy atom. The van der Waals surface area contributed by atoms with E-state index in [4.69, 9.17) is 4.74 Å². The van der Waals surface area contributed by atoms with Crippen molar-refractivity contribution >= 4 is 16.9 Å². The Morgan fingerprint density at radius 2 is 2.18 bits per heavy atom. The second kappa shape index (κ2) is 4.29. The van der Waals surface area contributed by atoms with Crippen molar-refractivity contribution in [2.45, 2.75) is 13.0 Å². The topological polar surface area (TPSA) is 73.5 Å². The highest BCUT2D eigenvalue weighted by atomic mass is 16.5. The highest BCUT2D eigenvalue weighted by Gasteiger charge is 2.13. The fraction of sp³-hybridized carbons (Fsp3) is 0.167. The summed E-state index contributed by atoms with van der Waals surface area (Å²) in [5.41, 5.74) is 0.538. The highest BCUT2D eigenvalue weighted by Crippen LogP contribution is 2.23. The molecule has 0 fully saturated rings. The molecular weight excluding hydrogens is 222 g/mol. The Balaban J connectivity index is 2.48. The molecule has 1 aromatic heterocycles. The summed E-state index contributed by atoms with van der Waals surface area (Å²) in [6, 6.07) is 8.39. The zero-order chi connectivity index (χ0) is 12.4. The summed E-state index contributed by atoms with van der Waals surface area (Å²) in [5, 5.41) is 20.8. The van der Waals surface area contributed by atoms with Crippen LogP contribution in [0.15, 0.2) is 36.5 Å². The number of fused-ring (bicyclic) bond motifs is 1. The van der Waals surface area contributed by atoms with Crippen LogP contribution in [-0.4, -0.2) is 17.3 Å². The van der Waals surface area contributed by atoms with Gasteiger partial charge >= 0.3 is 0 Å². The number of pyridine rings is 1. The molecule has 0 aliphatic rings. The maximum atomic E-state index is 10.6. The van der Waals surface area contributed by atoms with Gasteiger partial charge in [-0.1, -0.05) is 6.07 Å². The Morgan fingerprint density at radius 1 is 1.41 bits per heavy atom. The largest absolute Gasteiger partial charge is 0.546 e. The maximum absolute atomic E-state index is 10.6. The molecule has 2 aromatic rings. The number of benzene rings is 1. The van der Waals surface area contributed by atoms with Gasteiger partial charge in [0.1, 0.15) is 11.9 Å². The number of ether oxygens (including phenoxy) is 1. The van der Waals surface area contributed by atoms with Crippen molar-refractivity contribution < 1.29 is 24.6 Å². The number of aromatic nitrogens is 1. The summed E-state index contributed by atoms with van der Waals surface area (Å²) < 4.78 is 6.21. The first kappa shape index (κ1) is 11.2. The summed E-state index contributed by atoms with van der Waals surface area (Å²) in [6.45, 7) is 1.39. The van der Waals surface area contributed by atoms with Crippen molar-refractivity contribution in [1.29, 1.82) is 0 Å². The molecule has 0 saturated heterocycles. The van der Waals surface area contributed by atoms with Crippen LogP contribution in [-0.2, 0) is 4.79 Å². The van der Waals surface area contributed by atoms with Gasteiger partial charge in [-0.15, -0.1) is 0 Å². The standard InChI is InChI=1S/C12H11NO4/c1-8(12(14)15)17-11-6-2-5-10-9(11)4-3-7-13(10)16/h2-8H,1H3,(H-,14,15,16)/t8-/m0/s1. The number of carbonyl (C=O) groups excluding carboxylic acids is 1. The Bertz CT molecular complexity index is 567. The van der Waals surface area contributed by atoms with E-state index in [0.29, 0.717) is 16.7 Å². The molecule has 2 rings (SSSR count). The van der Waals surface area contributed by atoms with E-state index in [2.05, 4.69) is 0 Å². The van der Waals surface area contributed by atoms with Crippen molar-refractivity contribution in [3.63, 3.8) is 0 Å². The van der Waals surface area contributed by atoms with Crippen molar-refractivity contribution in [2.24, 2.45) is 0 Å². The van der Waals surface area contributed by atoms with Gasteiger partial charge in [0.15, 0.2) is 0 Å². The third-order valence-corrected chi connectivity index (χ3v) is 2.42. The maximum Gasteiger partial charge on any atom is 0.268 e. The summed E-state index contributed by atoms with van der Waals surface area (Å²) in [7, 11) is 0. The molecule has 0 radical (unpaired) electrons. The predicted molar refractivity (Wildman–Crippen MR) is 56.4 cm³/mol. The molecule has 1 atom stereocenters. The van der Waals surface area contributed by atoms with E-state index in [1.54, 1.807) is 30.3 Å². The number of rotatable bonds is 3. The van der Waals surface area contributed by atoms with Gasteiger partial charge in [0, 0.05) is 16.9 Å². The molecule has 0 aliphatic heterocycles. The smallest absolute Gasteiger partial charge is 0.268 e. The van der Waals surface area contributed by atoms with E-state index >= 15 is 0 Å². The van der Waals surface area contributed by atoms with Crippen molar-refractivity contribution in [2.75, 3.05) is 0 Å². The van der Waals surface area contributed by atoms with E-state index in [9.17, 15) is 15.1 Å². The molecule has 1 aromatic carbocycles. The third kappa shape index (κ3) is 2.13. The van der Waals surface area contributed by atoms with Gasteiger partial charge < -0.3 is 14.6 Å². The van der Waals surface area contributed by atoms with E-state index in [0.717, 1.165) is 4.73 Å². The average Bonchev–Trinajstić information content (AvgIpc) is 2.30.